The summed E-state index contributed by atoms with van der Waals surface area (Å²) >= 11 is 1.23. The molecular weight excluding hydrogens is 254 g/mol. The van der Waals surface area contributed by atoms with Gasteiger partial charge in [0.1, 0.15) is 4.88 Å². The Kier molecular flexibility index (Phi) is 3.73. The van der Waals surface area contributed by atoms with Crippen LogP contribution in [0.1, 0.15) is 27.0 Å². The monoisotopic (exact) mass is 267 g/mol. The minimum Gasteiger partial charge on any atom is -0.477 e. The molecule has 2 aromatic rings. The van der Waals surface area contributed by atoms with Gasteiger partial charge in [0.2, 0.25) is 5.89 Å². The lowest BCUT2D eigenvalue weighted by Crippen LogP contribution is -2.18. The summed E-state index contributed by atoms with van der Waals surface area (Å²) in [5, 5.41) is 14.5. The fourth-order valence-corrected chi connectivity index (χ4v) is 2.38. The molecule has 0 aliphatic rings. The predicted molar refractivity (Wildman–Crippen MR) is 65.5 cm³/mol. The summed E-state index contributed by atoms with van der Waals surface area (Å²) in [5.74, 6) is 0.240. The van der Waals surface area contributed by atoms with Crippen molar-refractivity contribution in [1.29, 1.82) is 0 Å². The minimum absolute atomic E-state index is 0.378. The zero-order valence-electron chi connectivity index (χ0n) is 10.1. The normalized spacial score (nSPS) is 11.1. The summed E-state index contributed by atoms with van der Waals surface area (Å²) in [6.45, 7) is 2.79. The molecule has 0 spiro atoms. The van der Waals surface area contributed by atoms with Crippen molar-refractivity contribution in [2.45, 2.75) is 20.0 Å². The molecule has 0 unspecified atom stereocenters. The van der Waals surface area contributed by atoms with Crippen LogP contribution < -0.4 is 0 Å². The van der Waals surface area contributed by atoms with Gasteiger partial charge in [-0.15, -0.1) is 11.3 Å². The van der Waals surface area contributed by atoms with Gasteiger partial charge in [-0.05, 0) is 31.0 Å². The zero-order chi connectivity index (χ0) is 13.1. The van der Waals surface area contributed by atoms with Crippen molar-refractivity contribution < 1.29 is 14.4 Å². The molecule has 18 heavy (non-hydrogen) atoms. The van der Waals surface area contributed by atoms with Gasteiger partial charge in [0.15, 0.2) is 5.82 Å². The molecule has 0 atom stereocenters. The van der Waals surface area contributed by atoms with Gasteiger partial charge >= 0.3 is 5.97 Å². The second-order valence-electron chi connectivity index (χ2n) is 3.99. The number of carbonyl (C=O) groups is 1. The average molecular weight is 267 g/mol. The number of hydrogen-bond donors (Lipinski definition) is 1. The predicted octanol–water partition coefficient (Wildman–Crippen LogP) is 1.77. The number of carboxylic acid groups (broad SMARTS) is 1. The maximum Gasteiger partial charge on any atom is 0.346 e. The number of rotatable bonds is 5. The number of aromatic nitrogens is 2. The third kappa shape index (κ3) is 2.93. The van der Waals surface area contributed by atoms with Crippen LogP contribution in [-0.2, 0) is 13.1 Å². The van der Waals surface area contributed by atoms with E-state index >= 15 is 0 Å². The van der Waals surface area contributed by atoms with Crippen LogP contribution in [0, 0.1) is 6.92 Å². The topological polar surface area (TPSA) is 79.5 Å². The van der Waals surface area contributed by atoms with Gasteiger partial charge in [-0.25, -0.2) is 4.79 Å². The highest BCUT2D eigenvalue weighted by Crippen LogP contribution is 2.18. The largest absolute Gasteiger partial charge is 0.477 e. The second-order valence-corrected chi connectivity index (χ2v) is 4.90. The molecule has 0 aliphatic heterocycles. The van der Waals surface area contributed by atoms with Crippen LogP contribution in [0.15, 0.2) is 16.0 Å². The van der Waals surface area contributed by atoms with E-state index in [4.69, 9.17) is 9.63 Å². The van der Waals surface area contributed by atoms with Gasteiger partial charge in [-0.1, -0.05) is 5.16 Å². The number of aryl methyl sites for hydroxylation is 1. The van der Waals surface area contributed by atoms with Gasteiger partial charge in [0, 0.05) is 6.54 Å². The van der Waals surface area contributed by atoms with Crippen LogP contribution in [0.4, 0.5) is 0 Å². The molecule has 2 rings (SSSR count). The SMILES string of the molecule is Cc1noc(CN(C)Cc2ccsc2C(=O)O)n1. The first-order valence-corrected chi connectivity index (χ1v) is 6.21. The molecule has 0 aromatic carbocycles. The van der Waals surface area contributed by atoms with E-state index in [0.717, 1.165) is 5.56 Å². The van der Waals surface area contributed by atoms with E-state index < -0.39 is 5.97 Å². The molecule has 7 heteroatoms. The molecule has 2 heterocycles. The highest BCUT2D eigenvalue weighted by Gasteiger charge is 2.14. The summed E-state index contributed by atoms with van der Waals surface area (Å²) in [6, 6.07) is 1.82. The van der Waals surface area contributed by atoms with E-state index in [1.54, 1.807) is 12.3 Å². The molecular formula is C11H13N3O3S. The van der Waals surface area contributed by atoms with E-state index in [-0.39, 0.29) is 0 Å². The summed E-state index contributed by atoms with van der Waals surface area (Å²) in [7, 11) is 1.88. The van der Waals surface area contributed by atoms with Crippen LogP contribution in [0.25, 0.3) is 0 Å². The summed E-state index contributed by atoms with van der Waals surface area (Å²) in [5.41, 5.74) is 0.797. The van der Waals surface area contributed by atoms with Crippen molar-refractivity contribution in [3.63, 3.8) is 0 Å². The molecule has 0 amide bonds. The Bertz CT molecular complexity index is 549. The van der Waals surface area contributed by atoms with E-state index in [1.807, 2.05) is 18.0 Å². The number of nitrogens with zero attached hydrogens (tertiary/aromatic N) is 3. The van der Waals surface area contributed by atoms with Crippen molar-refractivity contribution in [2.24, 2.45) is 0 Å². The Labute approximate surface area is 108 Å². The molecule has 2 aromatic heterocycles. The summed E-state index contributed by atoms with van der Waals surface area (Å²) in [6.07, 6.45) is 0. The molecule has 0 bridgehead atoms. The van der Waals surface area contributed by atoms with Crippen molar-refractivity contribution >= 4 is 17.3 Å². The smallest absolute Gasteiger partial charge is 0.346 e. The van der Waals surface area contributed by atoms with E-state index in [2.05, 4.69) is 10.1 Å². The Morgan fingerprint density at radius 3 is 2.94 bits per heavy atom. The van der Waals surface area contributed by atoms with Crippen molar-refractivity contribution in [2.75, 3.05) is 7.05 Å². The lowest BCUT2D eigenvalue weighted by Gasteiger charge is -2.13. The van der Waals surface area contributed by atoms with E-state index in [0.29, 0.717) is 29.7 Å². The van der Waals surface area contributed by atoms with E-state index in [9.17, 15) is 4.79 Å². The fraction of sp³-hybridized carbons (Fsp3) is 0.364. The van der Waals surface area contributed by atoms with Gasteiger partial charge in [0.05, 0.1) is 6.54 Å². The first kappa shape index (κ1) is 12.7. The highest BCUT2D eigenvalue weighted by molar-refractivity contribution is 7.12. The number of aromatic carboxylic acids is 1. The zero-order valence-corrected chi connectivity index (χ0v) is 10.9. The fourth-order valence-electron chi connectivity index (χ4n) is 1.63. The van der Waals surface area contributed by atoms with Crippen molar-refractivity contribution in [3.8, 4) is 0 Å². The Hall–Kier alpha value is -1.73. The molecule has 96 valence electrons. The third-order valence-corrected chi connectivity index (χ3v) is 3.30. The molecule has 0 radical (unpaired) electrons. The number of thiophene rings is 1. The molecule has 0 fully saturated rings. The molecule has 6 nitrogen and oxygen atoms in total. The van der Waals surface area contributed by atoms with Crippen LogP contribution in [0.5, 0.6) is 0 Å². The maximum absolute atomic E-state index is 11.0. The summed E-state index contributed by atoms with van der Waals surface area (Å²) < 4.78 is 5.02. The Morgan fingerprint density at radius 2 is 2.33 bits per heavy atom. The second kappa shape index (κ2) is 5.28. The summed E-state index contributed by atoms with van der Waals surface area (Å²) in [4.78, 5) is 17.4. The first-order valence-electron chi connectivity index (χ1n) is 5.33. The number of hydrogen-bond acceptors (Lipinski definition) is 6. The standard InChI is InChI=1S/C11H13N3O3S/c1-7-12-9(17-13-7)6-14(2)5-8-3-4-18-10(8)11(15)16/h3-4H,5-6H2,1-2H3,(H,15,16). The molecule has 0 aliphatic carbocycles. The highest BCUT2D eigenvalue weighted by atomic mass is 32.1. The van der Waals surface area contributed by atoms with Gasteiger partial charge in [0.25, 0.3) is 0 Å². The molecule has 1 N–H and O–H groups in total. The Morgan fingerprint density at radius 1 is 1.56 bits per heavy atom. The molecule has 0 saturated heterocycles. The first-order chi connectivity index (χ1) is 8.56. The van der Waals surface area contributed by atoms with Crippen molar-refractivity contribution in [1.82, 2.24) is 15.0 Å². The van der Waals surface area contributed by atoms with E-state index in [1.165, 1.54) is 11.3 Å². The molecule has 0 saturated carbocycles. The van der Waals surface area contributed by atoms with Gasteiger partial charge in [-0.3, -0.25) is 4.90 Å². The minimum atomic E-state index is -0.887. The van der Waals surface area contributed by atoms with Crippen LogP contribution in [-0.4, -0.2) is 33.2 Å². The lowest BCUT2D eigenvalue weighted by atomic mass is 10.2. The van der Waals surface area contributed by atoms with Crippen LogP contribution >= 0.6 is 11.3 Å². The maximum atomic E-state index is 11.0. The van der Waals surface area contributed by atoms with Crippen LogP contribution in [0.2, 0.25) is 0 Å². The van der Waals surface area contributed by atoms with Crippen LogP contribution in [0.3, 0.4) is 0 Å². The van der Waals surface area contributed by atoms with Gasteiger partial charge < -0.3 is 9.63 Å². The average Bonchev–Trinajstić information content (AvgIpc) is 2.87. The van der Waals surface area contributed by atoms with Crippen molar-refractivity contribution in [3.05, 3.63) is 33.6 Å². The number of carboxylic acids is 1. The quantitative estimate of drug-likeness (QED) is 0.889. The lowest BCUT2D eigenvalue weighted by molar-refractivity contribution is 0.0700. The Balaban J connectivity index is 2.00. The third-order valence-electron chi connectivity index (χ3n) is 2.36. The van der Waals surface area contributed by atoms with Gasteiger partial charge in [-0.2, -0.15) is 4.98 Å².